The van der Waals surface area contributed by atoms with Gasteiger partial charge in [-0.1, -0.05) is 6.07 Å². The van der Waals surface area contributed by atoms with Crippen molar-refractivity contribution in [1.82, 2.24) is 15.1 Å². The number of nitriles is 1. The van der Waals surface area contributed by atoms with Crippen molar-refractivity contribution >= 4 is 5.91 Å². The van der Waals surface area contributed by atoms with Crippen LogP contribution >= 0.6 is 0 Å². The molecule has 150 valence electrons. The minimum absolute atomic E-state index is 0.0979. The van der Waals surface area contributed by atoms with Gasteiger partial charge in [-0.3, -0.25) is 9.69 Å². The Kier molecular flexibility index (Phi) is 5.68. The Morgan fingerprint density at radius 2 is 2.00 bits per heavy atom. The number of hydrogen-bond acceptors (Lipinski definition) is 7. The molecule has 1 N–H and O–H groups in total. The summed E-state index contributed by atoms with van der Waals surface area (Å²) in [6, 6.07) is 11.5. The lowest BCUT2D eigenvalue weighted by molar-refractivity contribution is -0.117. The van der Waals surface area contributed by atoms with Gasteiger partial charge in [0, 0.05) is 38.9 Å². The Balaban J connectivity index is 1.27. The highest BCUT2D eigenvalue weighted by Gasteiger charge is 2.19. The first kappa shape index (κ1) is 18.9. The maximum absolute atomic E-state index is 12.2. The fraction of sp³-hybridized carbons (Fsp3) is 0.333. The van der Waals surface area contributed by atoms with Gasteiger partial charge in [0.05, 0.1) is 12.8 Å². The molecule has 2 aromatic rings. The fourth-order valence-electron chi connectivity index (χ4n) is 3.34. The second kappa shape index (κ2) is 8.71. The molecule has 8 heteroatoms. The summed E-state index contributed by atoms with van der Waals surface area (Å²) in [5.41, 5.74) is 1.27. The summed E-state index contributed by atoms with van der Waals surface area (Å²) in [4.78, 5) is 16.6. The van der Waals surface area contributed by atoms with Gasteiger partial charge in [0.25, 0.3) is 5.91 Å². The molecule has 1 fully saturated rings. The molecule has 1 amide bonds. The summed E-state index contributed by atoms with van der Waals surface area (Å²) >= 11 is 0. The molecule has 2 aliphatic rings. The Hall–Kier alpha value is -3.44. The first-order valence-electron chi connectivity index (χ1n) is 9.49. The van der Waals surface area contributed by atoms with Crippen LogP contribution in [0.3, 0.4) is 0 Å². The zero-order chi connectivity index (χ0) is 20.1. The molecule has 4 rings (SSSR count). The molecule has 0 unspecified atom stereocenters. The standard InChI is InChI=1S/C21H22N4O4/c22-11-17(21(26)23-12-18-2-1-9-27-18)14-25-7-5-24(6-8-25)13-16-3-4-19-20(10-16)29-15-28-19/h1-4,9-10,14H,5-8,12-13,15H2,(H,23,26). The highest BCUT2D eigenvalue weighted by Crippen LogP contribution is 2.32. The molecular weight excluding hydrogens is 372 g/mol. The number of amides is 1. The van der Waals surface area contributed by atoms with Gasteiger partial charge >= 0.3 is 0 Å². The van der Waals surface area contributed by atoms with Gasteiger partial charge in [0.15, 0.2) is 11.5 Å². The predicted octanol–water partition coefficient (Wildman–Crippen LogP) is 1.85. The number of piperazine rings is 1. The van der Waals surface area contributed by atoms with Crippen molar-refractivity contribution in [2.24, 2.45) is 0 Å². The molecule has 0 radical (unpaired) electrons. The Labute approximate surface area is 168 Å². The molecule has 0 bridgehead atoms. The maximum atomic E-state index is 12.2. The number of rotatable bonds is 6. The number of fused-ring (bicyclic) bond motifs is 1. The van der Waals surface area contributed by atoms with Gasteiger partial charge in [0.2, 0.25) is 6.79 Å². The second-order valence-electron chi connectivity index (χ2n) is 6.92. The third-order valence-electron chi connectivity index (χ3n) is 4.93. The van der Waals surface area contributed by atoms with Gasteiger partial charge in [-0.05, 0) is 29.8 Å². The molecule has 3 heterocycles. The summed E-state index contributed by atoms with van der Waals surface area (Å²) < 4.78 is 16.0. The van der Waals surface area contributed by atoms with E-state index in [1.54, 1.807) is 24.6 Å². The molecule has 0 atom stereocenters. The Morgan fingerprint density at radius 1 is 1.17 bits per heavy atom. The van der Waals surface area contributed by atoms with Crippen LogP contribution in [0.4, 0.5) is 0 Å². The summed E-state index contributed by atoms with van der Waals surface area (Å²) in [6.45, 7) is 4.55. The van der Waals surface area contributed by atoms with Crippen molar-refractivity contribution in [3.05, 3.63) is 59.7 Å². The average molecular weight is 394 g/mol. The van der Waals surface area contributed by atoms with E-state index in [1.165, 1.54) is 5.56 Å². The molecule has 29 heavy (non-hydrogen) atoms. The van der Waals surface area contributed by atoms with Crippen LogP contribution in [-0.2, 0) is 17.9 Å². The van der Waals surface area contributed by atoms with E-state index < -0.39 is 5.91 Å². The lowest BCUT2D eigenvalue weighted by atomic mass is 10.1. The van der Waals surface area contributed by atoms with Crippen LogP contribution in [0.15, 0.2) is 52.8 Å². The summed E-state index contributed by atoms with van der Waals surface area (Å²) in [5, 5.41) is 12.1. The zero-order valence-electron chi connectivity index (χ0n) is 16.0. The van der Waals surface area contributed by atoms with Gasteiger partial charge in [-0.15, -0.1) is 0 Å². The van der Waals surface area contributed by atoms with E-state index in [9.17, 15) is 10.1 Å². The van der Waals surface area contributed by atoms with Crippen LogP contribution in [0.2, 0.25) is 0 Å². The molecule has 0 aliphatic carbocycles. The molecule has 1 aromatic heterocycles. The van der Waals surface area contributed by atoms with Crippen molar-refractivity contribution in [2.75, 3.05) is 33.0 Å². The molecular formula is C21H22N4O4. The molecule has 8 nitrogen and oxygen atoms in total. The van der Waals surface area contributed by atoms with Crippen molar-refractivity contribution in [1.29, 1.82) is 5.26 Å². The summed E-state index contributed by atoms with van der Waals surface area (Å²) in [6.07, 6.45) is 3.20. The molecule has 1 saturated heterocycles. The highest BCUT2D eigenvalue weighted by atomic mass is 16.7. The van der Waals surface area contributed by atoms with E-state index >= 15 is 0 Å². The first-order chi connectivity index (χ1) is 14.2. The number of carbonyl (C=O) groups is 1. The zero-order valence-corrected chi connectivity index (χ0v) is 16.0. The molecule has 0 saturated carbocycles. The number of furan rings is 1. The second-order valence-corrected chi connectivity index (χ2v) is 6.92. The average Bonchev–Trinajstić information content (AvgIpc) is 3.43. The van der Waals surface area contributed by atoms with Crippen molar-refractivity contribution in [3.8, 4) is 17.6 Å². The Morgan fingerprint density at radius 3 is 2.76 bits per heavy atom. The minimum atomic E-state index is -0.397. The summed E-state index contributed by atoms with van der Waals surface area (Å²) in [7, 11) is 0. The van der Waals surface area contributed by atoms with Crippen molar-refractivity contribution < 1.29 is 18.7 Å². The number of benzene rings is 1. The predicted molar refractivity (Wildman–Crippen MR) is 104 cm³/mol. The number of ether oxygens (including phenoxy) is 2. The van der Waals surface area contributed by atoms with Crippen LogP contribution in [0.5, 0.6) is 11.5 Å². The highest BCUT2D eigenvalue weighted by molar-refractivity contribution is 5.97. The van der Waals surface area contributed by atoms with Gasteiger partial charge in [0.1, 0.15) is 17.4 Å². The van der Waals surface area contributed by atoms with Gasteiger partial charge < -0.3 is 24.1 Å². The smallest absolute Gasteiger partial charge is 0.263 e. The van der Waals surface area contributed by atoms with Crippen LogP contribution in [0.1, 0.15) is 11.3 Å². The first-order valence-corrected chi connectivity index (χ1v) is 9.49. The van der Waals surface area contributed by atoms with Crippen LogP contribution < -0.4 is 14.8 Å². The van der Waals surface area contributed by atoms with E-state index in [0.29, 0.717) is 5.76 Å². The summed E-state index contributed by atoms with van der Waals surface area (Å²) in [5.74, 6) is 1.83. The van der Waals surface area contributed by atoms with E-state index in [4.69, 9.17) is 13.9 Å². The van der Waals surface area contributed by atoms with Gasteiger partial charge in [-0.2, -0.15) is 5.26 Å². The maximum Gasteiger partial charge on any atom is 0.263 e. The number of carbonyl (C=O) groups excluding carboxylic acids is 1. The Bertz CT molecular complexity index is 925. The van der Waals surface area contributed by atoms with E-state index in [-0.39, 0.29) is 18.9 Å². The third-order valence-corrected chi connectivity index (χ3v) is 4.93. The minimum Gasteiger partial charge on any atom is -0.467 e. The van der Waals surface area contributed by atoms with Crippen molar-refractivity contribution in [2.45, 2.75) is 13.1 Å². The van der Waals surface area contributed by atoms with E-state index in [0.717, 1.165) is 44.2 Å². The fourth-order valence-corrected chi connectivity index (χ4v) is 3.34. The largest absolute Gasteiger partial charge is 0.467 e. The topological polar surface area (TPSA) is 91.0 Å². The van der Waals surface area contributed by atoms with Crippen molar-refractivity contribution in [3.63, 3.8) is 0 Å². The van der Waals surface area contributed by atoms with E-state index in [2.05, 4.69) is 16.3 Å². The van der Waals surface area contributed by atoms with Crippen LogP contribution in [0.25, 0.3) is 0 Å². The van der Waals surface area contributed by atoms with Crippen LogP contribution in [-0.4, -0.2) is 48.7 Å². The number of hydrogen-bond donors (Lipinski definition) is 1. The van der Waals surface area contributed by atoms with E-state index in [1.807, 2.05) is 23.1 Å². The normalized spacial score (nSPS) is 16.5. The van der Waals surface area contributed by atoms with Crippen LogP contribution in [0, 0.1) is 11.3 Å². The lowest BCUT2D eigenvalue weighted by Gasteiger charge is -2.34. The lowest BCUT2D eigenvalue weighted by Crippen LogP contribution is -2.44. The third kappa shape index (κ3) is 4.70. The molecule has 1 aromatic carbocycles. The SMILES string of the molecule is N#CC(=CN1CCN(Cc2ccc3c(c2)OCO3)CC1)C(=O)NCc1ccco1. The monoisotopic (exact) mass is 394 g/mol. The quantitative estimate of drug-likeness (QED) is 0.591. The molecule has 0 spiro atoms. The number of nitrogens with zero attached hydrogens (tertiary/aromatic N) is 3. The van der Waals surface area contributed by atoms with Gasteiger partial charge in [-0.25, -0.2) is 0 Å². The molecule has 2 aliphatic heterocycles. The number of nitrogens with one attached hydrogen (secondary N) is 1.